The average molecular weight is 331 g/mol. The summed E-state index contributed by atoms with van der Waals surface area (Å²) in [6, 6.07) is 5.84. The third-order valence-corrected chi connectivity index (χ3v) is 5.46. The summed E-state index contributed by atoms with van der Waals surface area (Å²) in [5.41, 5.74) is 0. The largest absolute Gasteiger partial charge is 0.314 e. The van der Waals surface area contributed by atoms with Crippen LogP contribution in [0.25, 0.3) is 0 Å². The maximum absolute atomic E-state index is 3.58. The van der Waals surface area contributed by atoms with Crippen molar-refractivity contribution in [3.63, 3.8) is 0 Å². The number of likely N-dealkylation sites (tertiary alicyclic amines) is 1. The fourth-order valence-electron chi connectivity index (χ4n) is 2.77. The van der Waals surface area contributed by atoms with Gasteiger partial charge < -0.3 is 10.2 Å². The Morgan fingerprint density at radius 3 is 2.94 bits per heavy atom. The summed E-state index contributed by atoms with van der Waals surface area (Å²) >= 11 is 5.40. The number of halogens is 1. The molecule has 1 fully saturated rings. The lowest BCUT2D eigenvalue weighted by Crippen LogP contribution is -2.47. The number of nitrogens with one attached hydrogen (secondary N) is 1. The molecule has 2 nitrogen and oxygen atoms in total. The minimum Gasteiger partial charge on any atom is -0.314 e. The van der Waals surface area contributed by atoms with Crippen LogP contribution in [-0.2, 0) is 6.42 Å². The molecule has 2 atom stereocenters. The monoisotopic (exact) mass is 330 g/mol. The Bertz CT molecular complexity index is 366. The van der Waals surface area contributed by atoms with Gasteiger partial charge in [0.15, 0.2) is 0 Å². The Morgan fingerprint density at radius 1 is 1.50 bits per heavy atom. The van der Waals surface area contributed by atoms with Crippen molar-refractivity contribution in [1.29, 1.82) is 0 Å². The van der Waals surface area contributed by atoms with Gasteiger partial charge in [-0.1, -0.05) is 6.92 Å². The molecule has 4 heteroatoms. The molecule has 0 spiro atoms. The zero-order chi connectivity index (χ0) is 13.0. The van der Waals surface area contributed by atoms with Crippen LogP contribution in [0.1, 0.15) is 31.6 Å². The number of rotatable bonds is 5. The van der Waals surface area contributed by atoms with Crippen LogP contribution in [0.3, 0.4) is 0 Å². The van der Waals surface area contributed by atoms with Gasteiger partial charge in [-0.05, 0) is 67.3 Å². The van der Waals surface area contributed by atoms with E-state index in [9.17, 15) is 0 Å². The Kier molecular flexibility index (Phi) is 5.67. The Hall–Kier alpha value is 0.1000. The number of thiophene rings is 1. The summed E-state index contributed by atoms with van der Waals surface area (Å²) in [5, 5.41) is 3.58. The van der Waals surface area contributed by atoms with E-state index in [1.54, 1.807) is 0 Å². The van der Waals surface area contributed by atoms with Gasteiger partial charge in [0, 0.05) is 23.5 Å². The van der Waals surface area contributed by atoms with Crippen molar-refractivity contribution in [3.05, 3.63) is 20.8 Å². The predicted molar refractivity (Wildman–Crippen MR) is 83.5 cm³/mol. The number of hydrogen-bond donors (Lipinski definition) is 1. The quantitative estimate of drug-likeness (QED) is 0.888. The molecule has 1 N–H and O–H groups in total. The first-order chi connectivity index (χ1) is 8.69. The van der Waals surface area contributed by atoms with Crippen LogP contribution >= 0.6 is 27.3 Å². The highest BCUT2D eigenvalue weighted by molar-refractivity contribution is 9.11. The summed E-state index contributed by atoms with van der Waals surface area (Å²) in [4.78, 5) is 4.13. The molecule has 1 aromatic heterocycles. The average Bonchev–Trinajstić information content (AvgIpc) is 2.74. The molecule has 0 bridgehead atoms. The van der Waals surface area contributed by atoms with Gasteiger partial charge in [0.1, 0.15) is 0 Å². The van der Waals surface area contributed by atoms with Crippen molar-refractivity contribution in [1.82, 2.24) is 10.2 Å². The number of hydrogen-bond acceptors (Lipinski definition) is 3. The lowest BCUT2D eigenvalue weighted by atomic mass is 9.98. The van der Waals surface area contributed by atoms with Crippen molar-refractivity contribution < 1.29 is 0 Å². The molecular formula is C14H23BrN2S. The molecule has 1 aliphatic rings. The normalized spacial score (nSPS) is 25.5. The van der Waals surface area contributed by atoms with E-state index in [4.69, 9.17) is 0 Å². The van der Waals surface area contributed by atoms with Gasteiger partial charge in [0.2, 0.25) is 0 Å². The van der Waals surface area contributed by atoms with Gasteiger partial charge in [0.25, 0.3) is 0 Å². The molecule has 0 saturated carbocycles. The molecule has 0 radical (unpaired) electrons. The molecule has 2 unspecified atom stereocenters. The van der Waals surface area contributed by atoms with Gasteiger partial charge in [-0.15, -0.1) is 11.3 Å². The van der Waals surface area contributed by atoms with Crippen molar-refractivity contribution in [2.75, 3.05) is 19.6 Å². The third kappa shape index (κ3) is 4.05. The topological polar surface area (TPSA) is 15.3 Å². The van der Waals surface area contributed by atoms with Crippen LogP contribution in [0.15, 0.2) is 15.9 Å². The number of nitrogens with zero attached hydrogens (tertiary/aromatic N) is 1. The van der Waals surface area contributed by atoms with Crippen molar-refractivity contribution in [3.8, 4) is 0 Å². The summed E-state index contributed by atoms with van der Waals surface area (Å²) < 4.78 is 1.25. The maximum atomic E-state index is 3.58. The summed E-state index contributed by atoms with van der Waals surface area (Å²) in [6.45, 7) is 8.11. The van der Waals surface area contributed by atoms with E-state index < -0.39 is 0 Å². The highest BCUT2D eigenvalue weighted by atomic mass is 79.9. The second-order valence-electron chi connectivity index (χ2n) is 5.12. The van der Waals surface area contributed by atoms with Gasteiger partial charge in [0.05, 0.1) is 3.79 Å². The van der Waals surface area contributed by atoms with Crippen molar-refractivity contribution in [2.45, 2.75) is 45.2 Å². The predicted octanol–water partition coefficient (Wildman–Crippen LogP) is 3.52. The van der Waals surface area contributed by atoms with E-state index in [0.29, 0.717) is 6.04 Å². The number of piperidine rings is 1. The zero-order valence-corrected chi connectivity index (χ0v) is 13.7. The Balaban J connectivity index is 1.77. The Labute approximate surface area is 123 Å². The summed E-state index contributed by atoms with van der Waals surface area (Å²) in [6.07, 6.45) is 3.78. The summed E-state index contributed by atoms with van der Waals surface area (Å²) in [7, 11) is 0. The maximum Gasteiger partial charge on any atom is 0.0701 e. The van der Waals surface area contributed by atoms with Crippen LogP contribution in [0, 0.1) is 0 Å². The third-order valence-electron chi connectivity index (χ3n) is 3.78. The zero-order valence-electron chi connectivity index (χ0n) is 11.3. The van der Waals surface area contributed by atoms with Gasteiger partial charge >= 0.3 is 0 Å². The molecule has 18 heavy (non-hydrogen) atoms. The highest BCUT2D eigenvalue weighted by Crippen LogP contribution is 2.24. The first-order valence-electron chi connectivity index (χ1n) is 6.90. The molecule has 2 rings (SSSR count). The van der Waals surface area contributed by atoms with Gasteiger partial charge in [-0.25, -0.2) is 0 Å². The van der Waals surface area contributed by atoms with Gasteiger partial charge in [-0.3, -0.25) is 0 Å². The molecule has 1 aliphatic heterocycles. The molecule has 1 aromatic rings. The van der Waals surface area contributed by atoms with Crippen LogP contribution in [0.2, 0.25) is 0 Å². The van der Waals surface area contributed by atoms with E-state index in [-0.39, 0.29) is 0 Å². The molecule has 0 amide bonds. The molecule has 102 valence electrons. The first-order valence-corrected chi connectivity index (χ1v) is 8.51. The fourth-order valence-corrected chi connectivity index (χ4v) is 4.24. The second kappa shape index (κ2) is 7.04. The van der Waals surface area contributed by atoms with Crippen molar-refractivity contribution >= 4 is 27.3 Å². The molecule has 0 aromatic carbocycles. The highest BCUT2D eigenvalue weighted by Gasteiger charge is 2.24. The van der Waals surface area contributed by atoms with E-state index in [2.05, 4.69) is 52.1 Å². The molecule has 2 heterocycles. The van der Waals surface area contributed by atoms with E-state index in [1.165, 1.54) is 41.0 Å². The lowest BCUT2D eigenvalue weighted by molar-refractivity contribution is 0.138. The Morgan fingerprint density at radius 2 is 2.33 bits per heavy atom. The lowest BCUT2D eigenvalue weighted by Gasteiger charge is -2.38. The molecular weight excluding hydrogens is 308 g/mol. The van der Waals surface area contributed by atoms with E-state index in [0.717, 1.165) is 12.6 Å². The van der Waals surface area contributed by atoms with E-state index >= 15 is 0 Å². The second-order valence-corrected chi connectivity index (χ2v) is 7.67. The standard InChI is InChI=1S/C14H23BrN2S/c1-3-16-12-6-8-17(11(2)10-12)9-7-13-4-5-14(15)18-13/h4-5,11-12,16H,3,6-10H2,1-2H3. The smallest absolute Gasteiger partial charge is 0.0701 e. The van der Waals surface area contributed by atoms with Crippen LogP contribution < -0.4 is 5.32 Å². The first kappa shape index (κ1) is 14.5. The SMILES string of the molecule is CCNC1CCN(CCc2ccc(Br)s2)C(C)C1. The minimum atomic E-state index is 0.714. The molecule has 0 aliphatic carbocycles. The van der Waals surface area contributed by atoms with Crippen LogP contribution in [0.4, 0.5) is 0 Å². The van der Waals surface area contributed by atoms with Crippen molar-refractivity contribution in [2.24, 2.45) is 0 Å². The van der Waals surface area contributed by atoms with E-state index in [1.807, 2.05) is 11.3 Å². The van der Waals surface area contributed by atoms with Crippen LogP contribution in [-0.4, -0.2) is 36.6 Å². The fraction of sp³-hybridized carbons (Fsp3) is 0.714. The molecule has 1 saturated heterocycles. The summed E-state index contributed by atoms with van der Waals surface area (Å²) in [5.74, 6) is 0. The minimum absolute atomic E-state index is 0.714. The van der Waals surface area contributed by atoms with Crippen LogP contribution in [0.5, 0.6) is 0 Å². The van der Waals surface area contributed by atoms with Gasteiger partial charge in [-0.2, -0.15) is 0 Å².